The van der Waals surface area contributed by atoms with Gasteiger partial charge < -0.3 is 8.39 Å². The second kappa shape index (κ2) is 10.3. The maximum Gasteiger partial charge on any atom is 0.346 e. The van der Waals surface area contributed by atoms with E-state index >= 15 is 0 Å². The van der Waals surface area contributed by atoms with Gasteiger partial charge >= 0.3 is 8.16 Å². The lowest BCUT2D eigenvalue weighted by molar-refractivity contribution is 0.629. The fraction of sp³-hybridized carbons (Fsp3) is 0.243. The number of aromatic nitrogens is 1. The van der Waals surface area contributed by atoms with Crippen LogP contribution in [0.3, 0.4) is 0 Å². The van der Waals surface area contributed by atoms with E-state index in [-0.39, 0.29) is 0 Å². The standard InChI is InChI=1S/C37H37NO2P2/c1-22(2)41(23(3)4)37-26(7)29-16-12-13-19-32(29)38(37)42-39-35-24(5)20-27-14-8-10-17-30(27)33(35)34-31-18-11-9-15-28(31)21-25(6)36(34)40-42/h8-23H,1-7H3. The lowest BCUT2D eigenvalue weighted by Crippen LogP contribution is -2.21. The van der Waals surface area contributed by atoms with Gasteiger partial charge in [0.1, 0.15) is 11.2 Å². The fourth-order valence-corrected chi connectivity index (χ4v) is 12.0. The number of rotatable bonds is 4. The van der Waals surface area contributed by atoms with Crippen LogP contribution in [0.25, 0.3) is 54.4 Å². The van der Waals surface area contributed by atoms with Crippen LogP contribution in [-0.4, -0.2) is 15.7 Å². The molecule has 0 radical (unpaired) electrons. The van der Waals surface area contributed by atoms with Gasteiger partial charge in [0.05, 0.1) is 11.0 Å². The molecule has 0 atom stereocenters. The normalized spacial score (nSPS) is 12.3. The molecule has 0 aliphatic rings. The Morgan fingerprint density at radius 2 is 1.07 bits per heavy atom. The molecule has 212 valence electrons. The molecule has 0 bridgehead atoms. The first kappa shape index (κ1) is 27.3. The summed E-state index contributed by atoms with van der Waals surface area (Å²) in [5, 5.41) is 8.36. The van der Waals surface area contributed by atoms with Gasteiger partial charge in [0, 0.05) is 16.2 Å². The van der Waals surface area contributed by atoms with E-state index < -0.39 is 16.1 Å². The lowest BCUT2D eigenvalue weighted by Gasteiger charge is -2.27. The predicted molar refractivity (Wildman–Crippen MR) is 185 cm³/mol. The summed E-state index contributed by atoms with van der Waals surface area (Å²) in [6.45, 7) is 16.1. The highest BCUT2D eigenvalue weighted by Crippen LogP contribution is 2.51. The van der Waals surface area contributed by atoms with Gasteiger partial charge in [-0.25, -0.2) is 4.34 Å². The van der Waals surface area contributed by atoms with Crippen LogP contribution in [0.4, 0.5) is 0 Å². The molecule has 3 nitrogen and oxygen atoms in total. The smallest absolute Gasteiger partial charge is 0.346 e. The van der Waals surface area contributed by atoms with Crippen LogP contribution in [0.5, 0.6) is 0 Å². The molecule has 0 unspecified atom stereocenters. The molecule has 0 fully saturated rings. The Balaban J connectivity index is 1.77. The Kier molecular flexibility index (Phi) is 6.73. The minimum absolute atomic E-state index is 0.483. The molecule has 2 heterocycles. The third kappa shape index (κ3) is 4.13. The van der Waals surface area contributed by atoms with Crippen molar-refractivity contribution in [2.24, 2.45) is 0 Å². The summed E-state index contributed by atoms with van der Waals surface area (Å²) in [6.07, 6.45) is 0. The summed E-state index contributed by atoms with van der Waals surface area (Å²) in [5.74, 6) is 0. The molecule has 7 aromatic rings. The molecule has 5 aromatic carbocycles. The van der Waals surface area contributed by atoms with Gasteiger partial charge in [-0.15, -0.1) is 0 Å². The fourth-order valence-electron chi connectivity index (χ4n) is 6.85. The number of hydrogen-bond acceptors (Lipinski definition) is 2. The predicted octanol–water partition coefficient (Wildman–Crippen LogP) is 11.7. The molecule has 0 aliphatic carbocycles. The van der Waals surface area contributed by atoms with Crippen molar-refractivity contribution >= 4 is 75.9 Å². The van der Waals surface area contributed by atoms with Crippen LogP contribution < -0.4 is 5.44 Å². The molecule has 42 heavy (non-hydrogen) atoms. The largest absolute Gasteiger partial charge is 0.403 e. The van der Waals surface area contributed by atoms with E-state index in [9.17, 15) is 0 Å². The van der Waals surface area contributed by atoms with Crippen LogP contribution in [0, 0.1) is 20.8 Å². The van der Waals surface area contributed by atoms with Gasteiger partial charge in [0.15, 0.2) is 0 Å². The second-order valence-corrected chi connectivity index (χ2v) is 16.6. The zero-order valence-electron chi connectivity index (χ0n) is 25.4. The van der Waals surface area contributed by atoms with Crippen molar-refractivity contribution in [1.29, 1.82) is 0 Å². The van der Waals surface area contributed by atoms with E-state index in [1.54, 1.807) is 0 Å². The second-order valence-electron chi connectivity index (χ2n) is 12.0. The minimum Gasteiger partial charge on any atom is -0.403 e. The molecule has 0 saturated heterocycles. The highest BCUT2D eigenvalue weighted by atomic mass is 31.1. The van der Waals surface area contributed by atoms with Gasteiger partial charge in [-0.1, -0.05) is 102 Å². The molecular formula is C37H37NO2P2. The minimum atomic E-state index is -1.56. The van der Waals surface area contributed by atoms with Crippen LogP contribution >= 0.6 is 16.1 Å². The molecule has 5 heteroatoms. The van der Waals surface area contributed by atoms with Crippen molar-refractivity contribution in [2.75, 3.05) is 0 Å². The van der Waals surface area contributed by atoms with Crippen molar-refractivity contribution in [3.63, 3.8) is 0 Å². The number of nitrogens with zero attached hydrogens (tertiary/aromatic N) is 1. The maximum atomic E-state index is 7.26. The van der Waals surface area contributed by atoms with Crippen LogP contribution in [-0.2, 0) is 0 Å². The van der Waals surface area contributed by atoms with Crippen LogP contribution in [0.15, 0.2) is 93.3 Å². The third-order valence-electron chi connectivity index (χ3n) is 8.56. The average molecular weight is 590 g/mol. The van der Waals surface area contributed by atoms with Crippen LogP contribution in [0.2, 0.25) is 0 Å². The van der Waals surface area contributed by atoms with Gasteiger partial charge in [-0.2, -0.15) is 0 Å². The highest BCUT2D eigenvalue weighted by molar-refractivity contribution is 7.67. The number of para-hydroxylation sites is 1. The summed E-state index contributed by atoms with van der Waals surface area (Å²) >= 11 is 0. The summed E-state index contributed by atoms with van der Waals surface area (Å²) in [7, 11) is -2.04. The van der Waals surface area contributed by atoms with Gasteiger partial charge in [0.2, 0.25) is 0 Å². The van der Waals surface area contributed by atoms with E-state index in [4.69, 9.17) is 8.39 Å². The molecule has 7 rings (SSSR count). The lowest BCUT2D eigenvalue weighted by atomic mass is 9.95. The summed E-state index contributed by atoms with van der Waals surface area (Å²) < 4.78 is 17.0. The Morgan fingerprint density at radius 1 is 0.619 bits per heavy atom. The van der Waals surface area contributed by atoms with Crippen molar-refractivity contribution in [3.8, 4) is 0 Å². The van der Waals surface area contributed by atoms with E-state index in [1.165, 1.54) is 43.4 Å². The Hall–Kier alpha value is -3.51. The van der Waals surface area contributed by atoms with E-state index in [2.05, 4.69) is 138 Å². The van der Waals surface area contributed by atoms with E-state index in [0.29, 0.717) is 11.3 Å². The van der Waals surface area contributed by atoms with Gasteiger partial charge in [-0.05, 0) is 88.5 Å². The molecule has 0 spiro atoms. The van der Waals surface area contributed by atoms with E-state index in [0.717, 1.165) is 33.1 Å². The van der Waals surface area contributed by atoms with Crippen LogP contribution in [0.1, 0.15) is 44.4 Å². The molecule has 0 saturated carbocycles. The summed E-state index contributed by atoms with van der Waals surface area (Å²) in [6, 6.07) is 30.7. The molecular weight excluding hydrogens is 552 g/mol. The highest BCUT2D eigenvalue weighted by Gasteiger charge is 2.29. The van der Waals surface area contributed by atoms with Crippen molar-refractivity contribution in [3.05, 3.63) is 102 Å². The zero-order valence-corrected chi connectivity index (χ0v) is 27.2. The van der Waals surface area contributed by atoms with Gasteiger partial charge in [-0.3, -0.25) is 0 Å². The molecule has 2 aromatic heterocycles. The Labute approximate surface area is 249 Å². The number of hydrogen-bond donors (Lipinski definition) is 0. The Bertz CT molecular complexity index is 2090. The first-order chi connectivity index (χ1) is 20.3. The van der Waals surface area contributed by atoms with Crippen molar-refractivity contribution in [2.45, 2.75) is 59.8 Å². The maximum absolute atomic E-state index is 7.26. The average Bonchev–Trinajstić information content (AvgIpc) is 3.12. The first-order valence-electron chi connectivity index (χ1n) is 14.9. The Morgan fingerprint density at radius 3 is 1.57 bits per heavy atom. The van der Waals surface area contributed by atoms with E-state index in [1.807, 2.05) is 0 Å². The summed E-state index contributed by atoms with van der Waals surface area (Å²) in [5.41, 5.74) is 9.09. The molecule has 0 amide bonds. The SMILES string of the molecule is Cc1c(P(C(C)C)C(C)C)n(-p2oc3c(C)cc4ccccc4c3c3c(o2)c(C)cc2ccccc23)c2ccccc12. The number of benzene rings is 5. The molecule has 0 aliphatic heterocycles. The third-order valence-corrected chi connectivity index (χ3v) is 13.4. The molecule has 0 N–H and O–H groups in total. The topological polar surface area (TPSA) is 31.2 Å². The number of aryl methyl sites for hydroxylation is 3. The first-order valence-corrected chi connectivity index (χ1v) is 17.5. The van der Waals surface area contributed by atoms with Crippen molar-refractivity contribution in [1.82, 2.24) is 4.34 Å². The zero-order chi connectivity index (χ0) is 29.3. The number of fused-ring (bicyclic) bond motifs is 8. The quantitative estimate of drug-likeness (QED) is 0.191. The van der Waals surface area contributed by atoms with Crippen molar-refractivity contribution < 1.29 is 8.39 Å². The summed E-state index contributed by atoms with van der Waals surface area (Å²) in [4.78, 5) is 0. The van der Waals surface area contributed by atoms with Gasteiger partial charge in [0.25, 0.3) is 0 Å². The monoisotopic (exact) mass is 589 g/mol.